The summed E-state index contributed by atoms with van der Waals surface area (Å²) in [6.45, 7) is 1.65. The Bertz CT molecular complexity index is 784. The van der Waals surface area contributed by atoms with Crippen LogP contribution in [0.4, 0.5) is 17.3 Å². The Labute approximate surface area is 120 Å². The molecular weight excluding hydrogens is 300 g/mol. The van der Waals surface area contributed by atoms with Crippen LogP contribution >= 0.6 is 0 Å². The summed E-state index contributed by atoms with van der Waals surface area (Å²) in [5.74, 6) is -0.0343. The van der Waals surface area contributed by atoms with Gasteiger partial charge in [-0.3, -0.25) is 10.1 Å². The van der Waals surface area contributed by atoms with Crippen molar-refractivity contribution in [1.82, 2.24) is 5.16 Å². The van der Waals surface area contributed by atoms with Crippen LogP contribution in [0.5, 0.6) is 0 Å². The Kier molecular flexibility index (Phi) is 3.80. The summed E-state index contributed by atoms with van der Waals surface area (Å²) in [7, 11) is -2.49. The first-order valence-corrected chi connectivity index (χ1v) is 7.24. The van der Waals surface area contributed by atoms with Crippen LogP contribution in [0.1, 0.15) is 5.69 Å². The second kappa shape index (κ2) is 5.40. The fourth-order valence-corrected chi connectivity index (χ4v) is 2.83. The summed E-state index contributed by atoms with van der Waals surface area (Å²) in [6.07, 6.45) is 0. The van der Waals surface area contributed by atoms with Gasteiger partial charge in [0.2, 0.25) is 5.88 Å². The highest BCUT2D eigenvalue weighted by atomic mass is 32.2. The zero-order valence-corrected chi connectivity index (χ0v) is 12.0. The molecule has 0 aliphatic heterocycles. The lowest BCUT2D eigenvalue weighted by molar-refractivity contribution is -0.384. The molecule has 0 radical (unpaired) electrons. The van der Waals surface area contributed by atoms with Gasteiger partial charge in [0.1, 0.15) is 4.90 Å². The number of rotatable bonds is 5. The predicted molar refractivity (Wildman–Crippen MR) is 74.7 cm³/mol. The lowest BCUT2D eigenvalue weighted by atomic mass is 10.3. The number of nitrogens with zero attached hydrogens (tertiary/aromatic N) is 2. The normalized spacial score (nSPS) is 11.1. The first kappa shape index (κ1) is 14.8. The third-order valence-electron chi connectivity index (χ3n) is 2.60. The number of nitro groups is 1. The van der Waals surface area contributed by atoms with E-state index in [4.69, 9.17) is 4.52 Å². The molecule has 0 amide bonds. The predicted octanol–water partition coefficient (Wildman–Crippen LogP) is 1.73. The molecule has 10 heteroatoms. The number of nitrogens with one attached hydrogen (secondary N) is 2. The maximum atomic E-state index is 12.3. The van der Waals surface area contributed by atoms with Crippen molar-refractivity contribution in [3.8, 4) is 0 Å². The van der Waals surface area contributed by atoms with Gasteiger partial charge < -0.3 is 9.84 Å². The van der Waals surface area contributed by atoms with Gasteiger partial charge in [-0.15, -0.1) is 0 Å². The van der Waals surface area contributed by atoms with Crippen molar-refractivity contribution >= 4 is 27.3 Å². The van der Waals surface area contributed by atoms with Crippen LogP contribution < -0.4 is 10.0 Å². The van der Waals surface area contributed by atoms with E-state index in [1.807, 2.05) is 0 Å². The van der Waals surface area contributed by atoms with Crippen LogP contribution in [0, 0.1) is 17.0 Å². The van der Waals surface area contributed by atoms with E-state index in [0.717, 1.165) is 18.2 Å². The minimum absolute atomic E-state index is 0.0343. The standard InChI is InChI=1S/C11H12N4O5S/c1-7-5-11(20-13-7)14-21(18,19)10-4-3-8(15(16)17)6-9(10)12-2/h3-6,12,14H,1-2H3. The lowest BCUT2D eigenvalue weighted by Crippen LogP contribution is -2.14. The lowest BCUT2D eigenvalue weighted by Gasteiger charge is -2.10. The van der Waals surface area contributed by atoms with Crippen molar-refractivity contribution in [1.29, 1.82) is 0 Å². The minimum Gasteiger partial charge on any atom is -0.387 e. The van der Waals surface area contributed by atoms with Gasteiger partial charge in [0.15, 0.2) is 0 Å². The highest BCUT2D eigenvalue weighted by Crippen LogP contribution is 2.27. The van der Waals surface area contributed by atoms with Crippen molar-refractivity contribution in [2.45, 2.75) is 11.8 Å². The molecule has 0 bridgehead atoms. The summed E-state index contributed by atoms with van der Waals surface area (Å²) in [5, 5.41) is 16.9. The molecule has 2 aromatic rings. The molecule has 9 nitrogen and oxygen atoms in total. The Morgan fingerprint density at radius 1 is 1.33 bits per heavy atom. The molecule has 1 aromatic heterocycles. The minimum atomic E-state index is -3.95. The Morgan fingerprint density at radius 3 is 2.57 bits per heavy atom. The van der Waals surface area contributed by atoms with Gasteiger partial charge in [0.25, 0.3) is 15.7 Å². The third kappa shape index (κ3) is 3.11. The number of non-ortho nitro benzene ring substituents is 1. The largest absolute Gasteiger partial charge is 0.387 e. The van der Waals surface area contributed by atoms with Gasteiger partial charge in [0, 0.05) is 25.2 Å². The summed E-state index contributed by atoms with van der Waals surface area (Å²) >= 11 is 0. The Hall–Kier alpha value is -2.62. The van der Waals surface area contributed by atoms with E-state index in [1.54, 1.807) is 6.92 Å². The molecular formula is C11H12N4O5S. The highest BCUT2D eigenvalue weighted by molar-refractivity contribution is 7.92. The van der Waals surface area contributed by atoms with Crippen molar-refractivity contribution in [3.05, 3.63) is 40.1 Å². The van der Waals surface area contributed by atoms with E-state index in [1.165, 1.54) is 13.1 Å². The van der Waals surface area contributed by atoms with Crippen LogP contribution in [0.2, 0.25) is 0 Å². The molecule has 0 saturated heterocycles. The van der Waals surface area contributed by atoms with E-state index >= 15 is 0 Å². The molecule has 0 spiro atoms. The molecule has 0 aliphatic carbocycles. The molecule has 0 aliphatic rings. The molecule has 1 aromatic carbocycles. The van der Waals surface area contributed by atoms with E-state index < -0.39 is 14.9 Å². The second-order valence-electron chi connectivity index (χ2n) is 4.13. The average molecular weight is 312 g/mol. The number of aryl methyl sites for hydroxylation is 1. The van der Waals surface area contributed by atoms with Crippen LogP contribution in [0.25, 0.3) is 0 Å². The van der Waals surface area contributed by atoms with Crippen LogP contribution in [0.15, 0.2) is 33.7 Å². The number of nitro benzene ring substituents is 1. The second-order valence-corrected chi connectivity index (χ2v) is 5.78. The molecule has 1 heterocycles. The van der Waals surface area contributed by atoms with Crippen LogP contribution in [-0.2, 0) is 10.0 Å². The fraction of sp³-hybridized carbons (Fsp3) is 0.182. The SMILES string of the molecule is CNc1cc([N+](=O)[O-])ccc1S(=O)(=O)Nc1cc(C)no1. The number of aromatic nitrogens is 1. The molecule has 21 heavy (non-hydrogen) atoms. The maximum Gasteiger partial charge on any atom is 0.271 e. The molecule has 0 saturated carbocycles. The molecule has 0 fully saturated rings. The average Bonchev–Trinajstić information content (AvgIpc) is 2.82. The summed E-state index contributed by atoms with van der Waals surface area (Å²) in [5.41, 5.74) is 0.409. The highest BCUT2D eigenvalue weighted by Gasteiger charge is 2.22. The number of anilines is 2. The topological polar surface area (TPSA) is 127 Å². The first-order chi connectivity index (χ1) is 9.83. The first-order valence-electron chi connectivity index (χ1n) is 5.76. The summed E-state index contributed by atoms with van der Waals surface area (Å²) in [6, 6.07) is 4.82. The maximum absolute atomic E-state index is 12.3. The monoisotopic (exact) mass is 312 g/mol. The molecule has 2 rings (SSSR count). The quantitative estimate of drug-likeness (QED) is 0.635. The van der Waals surface area contributed by atoms with Crippen molar-refractivity contribution < 1.29 is 17.9 Å². The molecule has 0 unspecified atom stereocenters. The zero-order chi connectivity index (χ0) is 15.6. The van der Waals surface area contributed by atoms with E-state index in [2.05, 4.69) is 15.2 Å². The molecule has 112 valence electrons. The Balaban J connectivity index is 2.42. The molecule has 0 atom stereocenters. The van der Waals surface area contributed by atoms with Crippen LogP contribution in [0.3, 0.4) is 0 Å². The molecule has 2 N–H and O–H groups in total. The third-order valence-corrected chi connectivity index (χ3v) is 4.00. The van der Waals surface area contributed by atoms with Gasteiger partial charge in [0.05, 0.1) is 16.3 Å². The van der Waals surface area contributed by atoms with Gasteiger partial charge in [-0.1, -0.05) is 5.16 Å². The zero-order valence-electron chi connectivity index (χ0n) is 11.2. The number of sulfonamides is 1. The van der Waals surface area contributed by atoms with E-state index in [0.29, 0.717) is 5.69 Å². The van der Waals surface area contributed by atoms with Crippen molar-refractivity contribution in [3.63, 3.8) is 0 Å². The summed E-state index contributed by atoms with van der Waals surface area (Å²) in [4.78, 5) is 9.97. The van der Waals surface area contributed by atoms with E-state index in [-0.39, 0.29) is 22.2 Å². The van der Waals surface area contributed by atoms with Crippen molar-refractivity contribution in [2.24, 2.45) is 0 Å². The fourth-order valence-electron chi connectivity index (χ4n) is 1.66. The summed E-state index contributed by atoms with van der Waals surface area (Å²) < 4.78 is 31.5. The van der Waals surface area contributed by atoms with Gasteiger partial charge in [-0.25, -0.2) is 13.1 Å². The van der Waals surface area contributed by atoms with Crippen molar-refractivity contribution in [2.75, 3.05) is 17.1 Å². The smallest absolute Gasteiger partial charge is 0.271 e. The van der Waals surface area contributed by atoms with Gasteiger partial charge in [-0.2, -0.15) is 0 Å². The number of hydrogen-bond donors (Lipinski definition) is 2. The van der Waals surface area contributed by atoms with Gasteiger partial charge in [-0.05, 0) is 13.0 Å². The van der Waals surface area contributed by atoms with E-state index in [9.17, 15) is 18.5 Å². The number of hydrogen-bond acceptors (Lipinski definition) is 7. The van der Waals surface area contributed by atoms with Crippen LogP contribution in [-0.4, -0.2) is 25.5 Å². The number of benzene rings is 1. The van der Waals surface area contributed by atoms with Gasteiger partial charge >= 0.3 is 0 Å². The Morgan fingerprint density at radius 2 is 2.05 bits per heavy atom.